The molecular weight excluding hydrogens is 355 g/mol. The van der Waals surface area contributed by atoms with Crippen molar-refractivity contribution in [3.8, 4) is 5.75 Å². The van der Waals surface area contributed by atoms with Crippen molar-refractivity contribution in [2.75, 3.05) is 0 Å². The van der Waals surface area contributed by atoms with Gasteiger partial charge in [-0.05, 0) is 35.7 Å². The van der Waals surface area contributed by atoms with Crippen LogP contribution in [0.3, 0.4) is 0 Å². The molecule has 2 heterocycles. The van der Waals surface area contributed by atoms with E-state index in [1.54, 1.807) is 24.4 Å². The molecule has 2 aromatic rings. The van der Waals surface area contributed by atoms with Gasteiger partial charge in [-0.3, -0.25) is 0 Å². The zero-order chi connectivity index (χ0) is 18.0. The van der Waals surface area contributed by atoms with E-state index in [1.165, 1.54) is 12.1 Å². The van der Waals surface area contributed by atoms with Crippen molar-refractivity contribution < 1.29 is 17.9 Å². The van der Waals surface area contributed by atoms with Crippen molar-refractivity contribution in [1.29, 1.82) is 0 Å². The van der Waals surface area contributed by atoms with Crippen molar-refractivity contribution in [2.45, 2.75) is 31.8 Å². The summed E-state index contributed by atoms with van der Waals surface area (Å²) in [7, 11) is 0. The Morgan fingerprint density at radius 1 is 1.00 bits per heavy atom. The summed E-state index contributed by atoms with van der Waals surface area (Å²) < 4.78 is 40.7. The SMILES string of the molecule is CCC1C(c2ccc(OC(F)(F)F)cc2)N=NC1c1ccc(Cl)nc1. The zero-order valence-corrected chi connectivity index (χ0v) is 14.0. The first-order valence-electron chi connectivity index (χ1n) is 7.74. The van der Waals surface area contributed by atoms with Crippen LogP contribution < -0.4 is 4.74 Å². The lowest BCUT2D eigenvalue weighted by molar-refractivity contribution is -0.274. The van der Waals surface area contributed by atoms with Crippen LogP contribution in [0, 0.1) is 5.92 Å². The highest BCUT2D eigenvalue weighted by atomic mass is 35.5. The van der Waals surface area contributed by atoms with Gasteiger partial charge in [-0.25, -0.2) is 4.98 Å². The van der Waals surface area contributed by atoms with Crippen LogP contribution >= 0.6 is 11.6 Å². The predicted molar refractivity (Wildman–Crippen MR) is 86.5 cm³/mol. The third-order valence-electron chi connectivity index (χ3n) is 4.14. The fourth-order valence-corrected chi connectivity index (χ4v) is 3.10. The highest BCUT2D eigenvalue weighted by Gasteiger charge is 2.36. The van der Waals surface area contributed by atoms with Crippen LogP contribution in [0.5, 0.6) is 5.75 Å². The molecule has 25 heavy (non-hydrogen) atoms. The average molecular weight is 370 g/mol. The van der Waals surface area contributed by atoms with Crippen molar-refractivity contribution >= 4 is 11.6 Å². The van der Waals surface area contributed by atoms with Gasteiger partial charge in [-0.15, -0.1) is 13.2 Å². The molecule has 8 heteroatoms. The Kier molecular flexibility index (Phi) is 4.94. The van der Waals surface area contributed by atoms with Gasteiger partial charge in [0.05, 0.1) is 0 Å². The monoisotopic (exact) mass is 369 g/mol. The molecule has 1 aromatic heterocycles. The summed E-state index contributed by atoms with van der Waals surface area (Å²) in [5.74, 6) is -0.157. The fraction of sp³-hybridized carbons (Fsp3) is 0.353. The number of hydrogen-bond acceptors (Lipinski definition) is 4. The van der Waals surface area contributed by atoms with Crippen LogP contribution in [0.2, 0.25) is 5.15 Å². The molecular formula is C17H15ClF3N3O. The van der Waals surface area contributed by atoms with Gasteiger partial charge in [-0.2, -0.15) is 10.2 Å². The smallest absolute Gasteiger partial charge is 0.406 e. The molecule has 132 valence electrons. The van der Waals surface area contributed by atoms with Gasteiger partial charge in [0.1, 0.15) is 23.0 Å². The predicted octanol–water partition coefficient (Wildman–Crippen LogP) is 5.91. The summed E-state index contributed by atoms with van der Waals surface area (Å²) in [4.78, 5) is 4.08. The maximum Gasteiger partial charge on any atom is 0.573 e. The molecule has 0 radical (unpaired) electrons. The highest BCUT2D eigenvalue weighted by Crippen LogP contribution is 2.45. The molecule has 4 nitrogen and oxygen atoms in total. The Balaban J connectivity index is 1.79. The Morgan fingerprint density at radius 2 is 1.60 bits per heavy atom. The van der Waals surface area contributed by atoms with Crippen LogP contribution in [0.1, 0.15) is 36.6 Å². The third-order valence-corrected chi connectivity index (χ3v) is 4.37. The van der Waals surface area contributed by atoms with Crippen molar-refractivity contribution in [3.63, 3.8) is 0 Å². The molecule has 0 saturated carbocycles. The lowest BCUT2D eigenvalue weighted by Gasteiger charge is -2.21. The first-order valence-corrected chi connectivity index (χ1v) is 8.12. The maximum atomic E-state index is 12.3. The minimum atomic E-state index is -4.70. The summed E-state index contributed by atoms with van der Waals surface area (Å²) >= 11 is 5.82. The minimum absolute atomic E-state index is 0.0948. The number of pyridine rings is 1. The van der Waals surface area contributed by atoms with Gasteiger partial charge in [0.25, 0.3) is 0 Å². The average Bonchev–Trinajstić information content (AvgIpc) is 2.98. The van der Waals surface area contributed by atoms with E-state index in [0.29, 0.717) is 5.15 Å². The number of azo groups is 1. The lowest BCUT2D eigenvalue weighted by Crippen LogP contribution is -2.17. The number of hydrogen-bond donors (Lipinski definition) is 0. The minimum Gasteiger partial charge on any atom is -0.406 e. The largest absolute Gasteiger partial charge is 0.573 e. The second-order valence-corrected chi connectivity index (χ2v) is 6.11. The summed E-state index contributed by atoms with van der Waals surface area (Å²) in [6.45, 7) is 2.03. The Labute approximate surface area is 147 Å². The van der Waals surface area contributed by atoms with Crippen molar-refractivity contribution in [1.82, 2.24) is 4.98 Å². The Bertz CT molecular complexity index is 747. The highest BCUT2D eigenvalue weighted by molar-refractivity contribution is 6.29. The molecule has 3 rings (SSSR count). The number of rotatable bonds is 4. The summed E-state index contributed by atoms with van der Waals surface area (Å²) in [6, 6.07) is 8.98. The van der Waals surface area contributed by atoms with E-state index in [1.807, 2.05) is 13.0 Å². The van der Waals surface area contributed by atoms with Crippen LogP contribution in [-0.2, 0) is 0 Å². The number of ether oxygens (including phenoxy) is 1. The Hall–Kier alpha value is -2.15. The molecule has 0 amide bonds. The van der Waals surface area contributed by atoms with E-state index in [0.717, 1.165) is 17.5 Å². The quantitative estimate of drug-likeness (QED) is 0.629. The zero-order valence-electron chi connectivity index (χ0n) is 13.2. The molecule has 0 aliphatic carbocycles. The molecule has 1 aliphatic heterocycles. The van der Waals surface area contributed by atoms with Gasteiger partial charge in [0, 0.05) is 12.1 Å². The van der Waals surface area contributed by atoms with E-state index >= 15 is 0 Å². The number of halogens is 4. The van der Waals surface area contributed by atoms with Crippen LogP contribution in [0.4, 0.5) is 13.2 Å². The van der Waals surface area contributed by atoms with E-state index in [-0.39, 0.29) is 23.8 Å². The van der Waals surface area contributed by atoms with E-state index in [2.05, 4.69) is 19.9 Å². The molecule has 1 aliphatic rings. The number of aromatic nitrogens is 1. The van der Waals surface area contributed by atoms with Crippen molar-refractivity contribution in [3.05, 3.63) is 58.9 Å². The van der Waals surface area contributed by atoms with Crippen LogP contribution in [0.25, 0.3) is 0 Å². The molecule has 3 unspecified atom stereocenters. The van der Waals surface area contributed by atoms with Crippen molar-refractivity contribution in [2.24, 2.45) is 16.1 Å². The standard InChI is InChI=1S/C17H15ClF3N3O/c1-2-13-15(10-3-6-12(7-4-10)25-17(19,20)21)23-24-16(13)11-5-8-14(18)22-9-11/h3-9,13,15-16H,2H2,1H3. The first kappa shape index (κ1) is 17.7. The third kappa shape index (κ3) is 4.10. The molecule has 0 bridgehead atoms. The lowest BCUT2D eigenvalue weighted by atomic mass is 9.84. The molecule has 0 N–H and O–H groups in total. The Morgan fingerprint density at radius 3 is 2.12 bits per heavy atom. The van der Waals surface area contributed by atoms with E-state index in [9.17, 15) is 13.2 Å². The topological polar surface area (TPSA) is 46.8 Å². The summed E-state index contributed by atoms with van der Waals surface area (Å²) in [6.07, 6.45) is -2.21. The normalized spacial score (nSPS) is 23.0. The number of nitrogens with zero attached hydrogens (tertiary/aromatic N) is 3. The van der Waals surface area contributed by atoms with Crippen LogP contribution in [0.15, 0.2) is 52.8 Å². The van der Waals surface area contributed by atoms with Gasteiger partial charge in [-0.1, -0.05) is 36.7 Å². The van der Waals surface area contributed by atoms with Gasteiger partial charge >= 0.3 is 6.36 Å². The molecule has 3 atom stereocenters. The first-order chi connectivity index (χ1) is 11.9. The van der Waals surface area contributed by atoms with Crippen LogP contribution in [-0.4, -0.2) is 11.3 Å². The van der Waals surface area contributed by atoms with Gasteiger partial charge < -0.3 is 4.74 Å². The van der Waals surface area contributed by atoms with Gasteiger partial charge in [0.2, 0.25) is 0 Å². The second kappa shape index (κ2) is 7.00. The van der Waals surface area contributed by atoms with E-state index < -0.39 is 6.36 Å². The molecule has 0 spiro atoms. The molecule has 1 aromatic carbocycles. The second-order valence-electron chi connectivity index (χ2n) is 5.72. The molecule has 0 saturated heterocycles. The maximum absolute atomic E-state index is 12.3. The summed E-state index contributed by atoms with van der Waals surface area (Å²) in [5, 5.41) is 9.11. The van der Waals surface area contributed by atoms with E-state index in [4.69, 9.17) is 11.6 Å². The summed E-state index contributed by atoms with van der Waals surface area (Å²) in [5.41, 5.74) is 1.72. The molecule has 0 fully saturated rings. The van der Waals surface area contributed by atoms with Gasteiger partial charge in [0.15, 0.2) is 0 Å². The number of alkyl halides is 3. The fourth-order valence-electron chi connectivity index (χ4n) is 2.99. The number of benzene rings is 1.